The van der Waals surface area contributed by atoms with Crippen LogP contribution in [0.5, 0.6) is 0 Å². The molecule has 0 saturated carbocycles. The maximum Gasteiger partial charge on any atom is 0.263 e. The first-order valence-corrected chi connectivity index (χ1v) is 10.4. The summed E-state index contributed by atoms with van der Waals surface area (Å²) >= 11 is 0. The summed E-state index contributed by atoms with van der Waals surface area (Å²) in [5.74, 6) is 1.20. The van der Waals surface area contributed by atoms with E-state index in [1.807, 2.05) is 21.6 Å². The second-order valence-electron chi connectivity index (χ2n) is 8.64. The molecule has 0 unspecified atom stereocenters. The minimum Gasteiger partial charge on any atom is -0.374 e. The number of fused-ring (bicyclic) bond motifs is 6. The van der Waals surface area contributed by atoms with Crippen molar-refractivity contribution < 1.29 is 9.53 Å². The van der Waals surface area contributed by atoms with Gasteiger partial charge in [0.2, 0.25) is 5.95 Å². The Morgan fingerprint density at radius 2 is 1.93 bits per heavy atom. The average Bonchev–Trinajstić information content (AvgIpc) is 3.38. The van der Waals surface area contributed by atoms with Crippen LogP contribution in [-0.4, -0.2) is 63.7 Å². The monoisotopic (exact) mass is 393 g/mol. The van der Waals surface area contributed by atoms with Crippen LogP contribution in [0.2, 0.25) is 0 Å². The molecule has 4 bridgehead atoms. The number of nitrogens with zero attached hydrogens (tertiary/aromatic N) is 5. The van der Waals surface area contributed by atoms with Crippen molar-refractivity contribution in [1.29, 1.82) is 0 Å². The van der Waals surface area contributed by atoms with Gasteiger partial charge in [-0.2, -0.15) is 0 Å². The highest BCUT2D eigenvalue weighted by Gasteiger charge is 2.43. The Kier molecular flexibility index (Phi) is 3.77. The minimum atomic E-state index is -0.143. The Hall–Kier alpha value is -2.74. The molecule has 3 fully saturated rings. The lowest BCUT2D eigenvalue weighted by atomic mass is 9.83. The Bertz CT molecular complexity index is 1020. The van der Waals surface area contributed by atoms with Crippen LogP contribution < -0.4 is 10.5 Å². The molecule has 8 heteroatoms. The molecule has 3 saturated heterocycles. The number of carbonyl (C=O) groups is 1. The molecular weight excluding hydrogens is 370 g/mol. The summed E-state index contributed by atoms with van der Waals surface area (Å²) in [4.78, 5) is 39.1. The van der Waals surface area contributed by atoms with Gasteiger partial charge in [0.05, 0.1) is 18.8 Å². The van der Waals surface area contributed by atoms with E-state index in [-0.39, 0.29) is 29.5 Å². The van der Waals surface area contributed by atoms with E-state index in [9.17, 15) is 9.59 Å². The number of anilines is 1. The van der Waals surface area contributed by atoms with Gasteiger partial charge in [0.1, 0.15) is 5.56 Å². The number of aromatic nitrogens is 3. The van der Waals surface area contributed by atoms with Crippen molar-refractivity contribution in [2.75, 3.05) is 31.1 Å². The molecule has 2 aromatic heterocycles. The molecule has 4 atom stereocenters. The third-order valence-electron chi connectivity index (χ3n) is 6.83. The van der Waals surface area contributed by atoms with Crippen LogP contribution in [0.25, 0.3) is 0 Å². The van der Waals surface area contributed by atoms with Gasteiger partial charge in [0.15, 0.2) is 0 Å². The van der Waals surface area contributed by atoms with Crippen molar-refractivity contribution >= 4 is 11.9 Å². The fourth-order valence-corrected chi connectivity index (χ4v) is 5.53. The summed E-state index contributed by atoms with van der Waals surface area (Å²) in [5, 5.41) is 0. The van der Waals surface area contributed by atoms with Gasteiger partial charge in [-0.05, 0) is 37.0 Å². The number of piperidine rings is 1. The maximum atomic E-state index is 13.2. The van der Waals surface area contributed by atoms with Crippen molar-refractivity contribution in [2.24, 2.45) is 5.92 Å². The van der Waals surface area contributed by atoms with Crippen LogP contribution in [0, 0.1) is 5.92 Å². The molecule has 2 aromatic rings. The Balaban J connectivity index is 1.30. The van der Waals surface area contributed by atoms with Crippen LogP contribution in [0.4, 0.5) is 5.95 Å². The molecule has 1 amide bonds. The molecule has 0 N–H and O–H groups in total. The lowest BCUT2D eigenvalue weighted by Gasteiger charge is -2.42. The number of amides is 1. The molecule has 29 heavy (non-hydrogen) atoms. The smallest absolute Gasteiger partial charge is 0.263 e. The Labute approximate surface area is 168 Å². The van der Waals surface area contributed by atoms with Gasteiger partial charge in [-0.25, -0.2) is 9.97 Å². The molecule has 4 aliphatic heterocycles. The van der Waals surface area contributed by atoms with Crippen LogP contribution in [0.3, 0.4) is 0 Å². The van der Waals surface area contributed by atoms with Crippen LogP contribution in [-0.2, 0) is 11.3 Å². The zero-order chi connectivity index (χ0) is 19.5. The van der Waals surface area contributed by atoms with Gasteiger partial charge in [-0.1, -0.05) is 0 Å². The maximum absolute atomic E-state index is 13.2. The van der Waals surface area contributed by atoms with Gasteiger partial charge in [0, 0.05) is 50.2 Å². The van der Waals surface area contributed by atoms with E-state index >= 15 is 0 Å². The number of pyridine rings is 1. The molecule has 0 aliphatic carbocycles. The molecule has 8 nitrogen and oxygen atoms in total. The summed E-state index contributed by atoms with van der Waals surface area (Å²) < 4.78 is 7.44. The van der Waals surface area contributed by atoms with Gasteiger partial charge in [-0.15, -0.1) is 0 Å². The lowest BCUT2D eigenvalue weighted by Crippen LogP contribution is -2.49. The van der Waals surface area contributed by atoms with E-state index in [1.165, 1.54) is 0 Å². The first-order valence-electron chi connectivity index (χ1n) is 10.4. The van der Waals surface area contributed by atoms with Crippen LogP contribution in [0.1, 0.15) is 34.8 Å². The summed E-state index contributed by atoms with van der Waals surface area (Å²) in [5.41, 5.74) is 1.18. The second-order valence-corrected chi connectivity index (χ2v) is 8.64. The van der Waals surface area contributed by atoms with Crippen LogP contribution in [0.15, 0.2) is 35.4 Å². The normalized spacial score (nSPS) is 29.8. The zero-order valence-corrected chi connectivity index (χ0v) is 16.1. The standard InChI is InChI=1S/C21H23N5O3/c27-19(25-11-16-7-15(25)12-29-16)17-2-3-18-14-6-13(9-26(18)20(17)28)8-24(10-14)21-22-4-1-5-23-21/h1-5,13-16H,6-12H2/t13-,14+,15+,16+/m0/s1. The fraction of sp³-hybridized carbons (Fsp3) is 0.524. The molecule has 0 aromatic carbocycles. The highest BCUT2D eigenvalue weighted by atomic mass is 16.5. The van der Waals surface area contributed by atoms with E-state index in [2.05, 4.69) is 14.9 Å². The minimum absolute atomic E-state index is 0.117. The number of hydrogen-bond donors (Lipinski definition) is 0. The van der Waals surface area contributed by atoms with Gasteiger partial charge < -0.3 is 19.1 Å². The third-order valence-corrected chi connectivity index (χ3v) is 6.83. The molecule has 6 rings (SSSR count). The summed E-state index contributed by atoms with van der Waals surface area (Å²) in [6.45, 7) is 3.45. The SMILES string of the molecule is O=C(c1ccc2n(c1=O)C[C@H]1C[C@@H]2CN(c2ncccn2)C1)N1C[C@H]2C[C@@H]1CO2. The van der Waals surface area contributed by atoms with Gasteiger partial charge in [-0.3, -0.25) is 9.59 Å². The first-order chi connectivity index (χ1) is 14.2. The second kappa shape index (κ2) is 6.38. The molecule has 6 heterocycles. The lowest BCUT2D eigenvalue weighted by molar-refractivity contribution is 0.0257. The quantitative estimate of drug-likeness (QED) is 0.753. The number of rotatable bonds is 2. The molecule has 0 radical (unpaired) electrons. The molecular formula is C21H23N5O3. The number of carbonyl (C=O) groups excluding carboxylic acids is 1. The summed E-state index contributed by atoms with van der Waals surface area (Å²) in [6.07, 6.45) is 5.61. The average molecular weight is 393 g/mol. The number of ether oxygens (including phenoxy) is 1. The highest BCUT2D eigenvalue weighted by molar-refractivity contribution is 5.94. The van der Waals surface area contributed by atoms with Gasteiger partial charge >= 0.3 is 0 Å². The van der Waals surface area contributed by atoms with E-state index in [4.69, 9.17) is 4.74 Å². The number of likely N-dealkylation sites (tertiary alicyclic amines) is 1. The van der Waals surface area contributed by atoms with Crippen molar-refractivity contribution in [3.8, 4) is 0 Å². The van der Waals surface area contributed by atoms with Crippen LogP contribution >= 0.6 is 0 Å². The van der Waals surface area contributed by atoms with E-state index < -0.39 is 0 Å². The van der Waals surface area contributed by atoms with Crippen molar-refractivity contribution in [3.63, 3.8) is 0 Å². The predicted octanol–water partition coefficient (Wildman–Crippen LogP) is 0.875. The number of hydrogen-bond acceptors (Lipinski definition) is 6. The summed E-state index contributed by atoms with van der Waals surface area (Å²) in [6, 6.07) is 5.66. The predicted molar refractivity (Wildman–Crippen MR) is 105 cm³/mol. The Morgan fingerprint density at radius 1 is 1.07 bits per heavy atom. The first kappa shape index (κ1) is 17.1. The largest absolute Gasteiger partial charge is 0.374 e. The highest BCUT2D eigenvalue weighted by Crippen LogP contribution is 2.36. The molecule has 150 valence electrons. The molecule has 0 spiro atoms. The number of morpholine rings is 1. The fourth-order valence-electron chi connectivity index (χ4n) is 5.53. The van der Waals surface area contributed by atoms with Crippen molar-refractivity contribution in [3.05, 3.63) is 52.2 Å². The van der Waals surface area contributed by atoms with Crippen molar-refractivity contribution in [2.45, 2.75) is 37.5 Å². The van der Waals surface area contributed by atoms with Gasteiger partial charge in [0.25, 0.3) is 11.5 Å². The van der Waals surface area contributed by atoms with E-state index in [0.29, 0.717) is 31.2 Å². The Morgan fingerprint density at radius 3 is 2.69 bits per heavy atom. The topological polar surface area (TPSA) is 80.6 Å². The van der Waals surface area contributed by atoms with E-state index in [1.54, 1.807) is 18.5 Å². The summed E-state index contributed by atoms with van der Waals surface area (Å²) in [7, 11) is 0. The molecule has 4 aliphatic rings. The zero-order valence-electron chi connectivity index (χ0n) is 16.1. The van der Waals surface area contributed by atoms with Crippen molar-refractivity contribution in [1.82, 2.24) is 19.4 Å². The third kappa shape index (κ3) is 2.69. The van der Waals surface area contributed by atoms with E-state index in [0.717, 1.165) is 37.6 Å².